The fourth-order valence-electron chi connectivity index (χ4n) is 1.30. The van der Waals surface area contributed by atoms with Crippen molar-refractivity contribution in [1.29, 1.82) is 0 Å². The van der Waals surface area contributed by atoms with Gasteiger partial charge in [-0.2, -0.15) is 8.78 Å². The van der Waals surface area contributed by atoms with Gasteiger partial charge in [-0.1, -0.05) is 18.2 Å². The molecule has 0 heterocycles. The smallest absolute Gasteiger partial charge is 0.387 e. The van der Waals surface area contributed by atoms with Crippen molar-refractivity contribution in [3.8, 4) is 11.5 Å². The van der Waals surface area contributed by atoms with E-state index in [1.807, 2.05) is 12.2 Å². The first-order valence-electron chi connectivity index (χ1n) is 5.17. The van der Waals surface area contributed by atoms with E-state index in [-0.39, 0.29) is 11.5 Å². The zero-order valence-corrected chi connectivity index (χ0v) is 9.53. The van der Waals surface area contributed by atoms with Crippen LogP contribution in [0.1, 0.15) is 12.0 Å². The van der Waals surface area contributed by atoms with E-state index in [0.717, 1.165) is 12.0 Å². The van der Waals surface area contributed by atoms with E-state index in [4.69, 9.17) is 10.5 Å². The Labute approximate surface area is 98.8 Å². The highest BCUT2D eigenvalue weighted by Gasteiger charge is 2.10. The molecule has 1 aromatic carbocycles. The number of methoxy groups -OCH3 is 1. The molecule has 94 valence electrons. The fraction of sp³-hybridized carbons (Fsp3) is 0.333. The first-order chi connectivity index (χ1) is 8.17. The molecular weight excluding hydrogens is 228 g/mol. The monoisotopic (exact) mass is 243 g/mol. The molecule has 0 atom stereocenters. The third-order valence-electron chi connectivity index (χ3n) is 2.05. The Hall–Kier alpha value is -1.62. The molecule has 0 aliphatic carbocycles. The summed E-state index contributed by atoms with van der Waals surface area (Å²) in [5, 5.41) is 0. The van der Waals surface area contributed by atoms with Crippen LogP contribution in [0.4, 0.5) is 8.78 Å². The summed E-state index contributed by atoms with van der Waals surface area (Å²) < 4.78 is 33.5. The molecule has 1 rings (SSSR count). The minimum Gasteiger partial charge on any atom is -0.493 e. The van der Waals surface area contributed by atoms with Gasteiger partial charge in [-0.3, -0.25) is 0 Å². The molecule has 0 aliphatic heterocycles. The SMILES string of the molecule is COc1cc(C=CCCN)ccc1OC(F)F. The summed E-state index contributed by atoms with van der Waals surface area (Å²) in [6, 6.07) is 4.76. The second-order valence-corrected chi connectivity index (χ2v) is 3.27. The van der Waals surface area contributed by atoms with Crippen molar-refractivity contribution in [2.75, 3.05) is 13.7 Å². The van der Waals surface area contributed by atoms with Crippen molar-refractivity contribution in [3.63, 3.8) is 0 Å². The second-order valence-electron chi connectivity index (χ2n) is 3.27. The molecule has 0 aliphatic rings. The average molecular weight is 243 g/mol. The van der Waals surface area contributed by atoms with E-state index in [2.05, 4.69) is 4.74 Å². The third-order valence-corrected chi connectivity index (χ3v) is 2.05. The van der Waals surface area contributed by atoms with Gasteiger partial charge in [-0.15, -0.1) is 0 Å². The van der Waals surface area contributed by atoms with Gasteiger partial charge in [0, 0.05) is 0 Å². The highest BCUT2D eigenvalue weighted by molar-refractivity contribution is 5.55. The maximum Gasteiger partial charge on any atom is 0.387 e. The van der Waals surface area contributed by atoms with Crippen molar-refractivity contribution in [2.45, 2.75) is 13.0 Å². The number of ether oxygens (including phenoxy) is 2. The van der Waals surface area contributed by atoms with Crippen LogP contribution in [0.25, 0.3) is 6.08 Å². The summed E-state index contributed by atoms with van der Waals surface area (Å²) in [6.07, 6.45) is 4.52. The molecular formula is C12H15F2NO2. The lowest BCUT2D eigenvalue weighted by Gasteiger charge is -2.10. The Balaban J connectivity index is 2.84. The van der Waals surface area contributed by atoms with E-state index in [0.29, 0.717) is 6.54 Å². The first kappa shape index (κ1) is 13.4. The predicted octanol–water partition coefficient (Wildman–Crippen LogP) is 2.66. The highest BCUT2D eigenvalue weighted by Crippen LogP contribution is 2.29. The van der Waals surface area contributed by atoms with Gasteiger partial charge in [0.1, 0.15) is 0 Å². The molecule has 0 amide bonds. The second kappa shape index (κ2) is 6.85. The molecule has 0 bridgehead atoms. The minimum absolute atomic E-state index is 0.0264. The molecule has 0 aromatic heterocycles. The number of halogens is 2. The van der Waals surface area contributed by atoms with Gasteiger partial charge < -0.3 is 15.2 Å². The quantitative estimate of drug-likeness (QED) is 0.835. The van der Waals surface area contributed by atoms with Crippen molar-refractivity contribution in [1.82, 2.24) is 0 Å². The van der Waals surface area contributed by atoms with Crippen LogP contribution >= 0.6 is 0 Å². The Morgan fingerprint density at radius 1 is 1.35 bits per heavy atom. The van der Waals surface area contributed by atoms with Crippen LogP contribution in [0.15, 0.2) is 24.3 Å². The summed E-state index contributed by atoms with van der Waals surface area (Å²) in [5.74, 6) is 0.304. The van der Waals surface area contributed by atoms with Crippen molar-refractivity contribution >= 4 is 6.08 Å². The molecule has 0 saturated carbocycles. The molecule has 5 heteroatoms. The number of nitrogens with two attached hydrogens (primary N) is 1. The van der Waals surface area contributed by atoms with Crippen molar-refractivity contribution in [2.24, 2.45) is 5.73 Å². The molecule has 0 radical (unpaired) electrons. The summed E-state index contributed by atoms with van der Waals surface area (Å²) >= 11 is 0. The maximum atomic E-state index is 12.1. The lowest BCUT2D eigenvalue weighted by Crippen LogP contribution is -2.03. The lowest BCUT2D eigenvalue weighted by molar-refractivity contribution is -0.0512. The average Bonchev–Trinajstić information content (AvgIpc) is 2.30. The molecule has 3 nitrogen and oxygen atoms in total. The number of hydrogen-bond acceptors (Lipinski definition) is 3. The van der Waals surface area contributed by atoms with Gasteiger partial charge in [0.25, 0.3) is 0 Å². The number of benzene rings is 1. The summed E-state index contributed by atoms with van der Waals surface area (Å²) in [5.41, 5.74) is 6.19. The van der Waals surface area contributed by atoms with Gasteiger partial charge in [0.05, 0.1) is 7.11 Å². The van der Waals surface area contributed by atoms with Gasteiger partial charge >= 0.3 is 6.61 Å². The van der Waals surface area contributed by atoms with E-state index in [1.165, 1.54) is 13.2 Å². The van der Waals surface area contributed by atoms with Gasteiger partial charge in [0.2, 0.25) is 0 Å². The van der Waals surface area contributed by atoms with E-state index >= 15 is 0 Å². The Morgan fingerprint density at radius 3 is 2.71 bits per heavy atom. The molecule has 2 N–H and O–H groups in total. The zero-order chi connectivity index (χ0) is 12.7. The minimum atomic E-state index is -2.86. The maximum absolute atomic E-state index is 12.1. The van der Waals surface area contributed by atoms with Crippen LogP contribution in [0, 0.1) is 0 Å². The molecule has 17 heavy (non-hydrogen) atoms. The normalized spacial score (nSPS) is 11.1. The van der Waals surface area contributed by atoms with E-state index < -0.39 is 6.61 Å². The first-order valence-corrected chi connectivity index (χ1v) is 5.17. The summed E-state index contributed by atoms with van der Waals surface area (Å²) in [6.45, 7) is -2.29. The standard InChI is InChI=1S/C12H15F2NO2/c1-16-11-8-9(4-2-3-7-15)5-6-10(11)17-12(13)14/h2,4-6,8,12H,3,7,15H2,1H3. The highest BCUT2D eigenvalue weighted by atomic mass is 19.3. The molecule has 1 aromatic rings. The summed E-state index contributed by atoms with van der Waals surface area (Å²) in [4.78, 5) is 0. The summed E-state index contributed by atoms with van der Waals surface area (Å²) in [7, 11) is 1.40. The van der Waals surface area contributed by atoms with Crippen LogP contribution in [0.5, 0.6) is 11.5 Å². The number of hydrogen-bond donors (Lipinski definition) is 1. The Morgan fingerprint density at radius 2 is 2.12 bits per heavy atom. The van der Waals surface area contributed by atoms with Crippen LogP contribution in [0.2, 0.25) is 0 Å². The third kappa shape index (κ3) is 4.40. The Bertz CT molecular complexity index is 381. The van der Waals surface area contributed by atoms with Crippen LogP contribution < -0.4 is 15.2 Å². The Kier molecular flexibility index (Phi) is 5.42. The lowest BCUT2D eigenvalue weighted by atomic mass is 10.2. The van der Waals surface area contributed by atoms with Gasteiger partial charge in [-0.25, -0.2) is 0 Å². The molecule has 0 saturated heterocycles. The fourth-order valence-corrected chi connectivity index (χ4v) is 1.30. The predicted molar refractivity (Wildman–Crippen MR) is 62.3 cm³/mol. The molecule has 0 unspecified atom stereocenters. The number of alkyl halides is 2. The molecule has 0 fully saturated rings. The van der Waals surface area contributed by atoms with Crippen LogP contribution in [0.3, 0.4) is 0 Å². The van der Waals surface area contributed by atoms with Crippen molar-refractivity contribution < 1.29 is 18.3 Å². The number of rotatable bonds is 6. The zero-order valence-electron chi connectivity index (χ0n) is 9.53. The van der Waals surface area contributed by atoms with Crippen LogP contribution in [-0.2, 0) is 0 Å². The van der Waals surface area contributed by atoms with E-state index in [9.17, 15) is 8.78 Å². The van der Waals surface area contributed by atoms with Gasteiger partial charge in [0.15, 0.2) is 11.5 Å². The molecule has 0 spiro atoms. The van der Waals surface area contributed by atoms with Gasteiger partial charge in [-0.05, 0) is 30.7 Å². The van der Waals surface area contributed by atoms with Crippen LogP contribution in [-0.4, -0.2) is 20.3 Å². The largest absolute Gasteiger partial charge is 0.493 e. The topological polar surface area (TPSA) is 44.5 Å². The van der Waals surface area contributed by atoms with E-state index in [1.54, 1.807) is 12.1 Å². The van der Waals surface area contributed by atoms with Crippen molar-refractivity contribution in [3.05, 3.63) is 29.8 Å².